The van der Waals surface area contributed by atoms with Crippen molar-refractivity contribution < 1.29 is 19.1 Å². The summed E-state index contributed by atoms with van der Waals surface area (Å²) in [6, 6.07) is 4.43. The van der Waals surface area contributed by atoms with Crippen LogP contribution in [-0.4, -0.2) is 22.5 Å². The van der Waals surface area contributed by atoms with Crippen molar-refractivity contribution in [1.29, 1.82) is 0 Å². The lowest BCUT2D eigenvalue weighted by Gasteiger charge is -2.24. The maximum absolute atomic E-state index is 13.7. The average Bonchev–Trinajstić information content (AvgIpc) is 2.32. The fourth-order valence-electron chi connectivity index (χ4n) is 1.43. The predicted molar refractivity (Wildman–Crippen MR) is 64.9 cm³/mol. The number of amides is 1. The second kappa shape index (κ2) is 5.16. The lowest BCUT2D eigenvalue weighted by molar-refractivity contribution is -0.143. The zero-order valence-corrected chi connectivity index (χ0v) is 10.6. The van der Waals surface area contributed by atoms with Gasteiger partial charge in [-0.25, -0.2) is 9.18 Å². The highest BCUT2D eigenvalue weighted by Crippen LogP contribution is 2.15. The van der Waals surface area contributed by atoms with Crippen LogP contribution in [0.2, 0.25) is 0 Å². The Morgan fingerprint density at radius 3 is 2.56 bits per heavy atom. The molecule has 4 nitrogen and oxygen atoms in total. The molecule has 1 atom stereocenters. The molecule has 1 aromatic carbocycles. The molecule has 1 unspecified atom stereocenters. The highest BCUT2D eigenvalue weighted by Gasteiger charge is 2.33. The Labute approximate surface area is 105 Å². The van der Waals surface area contributed by atoms with E-state index in [-0.39, 0.29) is 12.0 Å². The molecule has 18 heavy (non-hydrogen) atoms. The standard InChI is InChI=1S/C13H16FNO3/c1-4-13(3,12(17)18)15-11(16)9-7-5-6-8(2)10(9)14/h5-7H,4H2,1-3H3,(H,15,16)(H,17,18). The van der Waals surface area contributed by atoms with Crippen molar-refractivity contribution in [2.45, 2.75) is 32.7 Å². The molecule has 0 bridgehead atoms. The van der Waals surface area contributed by atoms with Crippen molar-refractivity contribution in [3.8, 4) is 0 Å². The minimum Gasteiger partial charge on any atom is -0.480 e. The van der Waals surface area contributed by atoms with Gasteiger partial charge in [-0.3, -0.25) is 4.79 Å². The Bertz CT molecular complexity index is 487. The summed E-state index contributed by atoms with van der Waals surface area (Å²) in [7, 11) is 0. The number of hydrogen-bond donors (Lipinski definition) is 2. The molecule has 0 saturated heterocycles. The Kier molecular flexibility index (Phi) is 4.06. The summed E-state index contributed by atoms with van der Waals surface area (Å²) >= 11 is 0. The molecule has 0 heterocycles. The molecule has 1 rings (SSSR count). The molecule has 0 aliphatic carbocycles. The van der Waals surface area contributed by atoms with Gasteiger partial charge in [0.25, 0.3) is 5.91 Å². The van der Waals surface area contributed by atoms with Gasteiger partial charge in [-0.1, -0.05) is 19.1 Å². The summed E-state index contributed by atoms with van der Waals surface area (Å²) in [6.07, 6.45) is 0.210. The Morgan fingerprint density at radius 2 is 2.06 bits per heavy atom. The first-order valence-corrected chi connectivity index (χ1v) is 5.63. The number of rotatable bonds is 4. The van der Waals surface area contributed by atoms with E-state index in [0.717, 1.165) is 0 Å². The van der Waals surface area contributed by atoms with Crippen LogP contribution in [0.3, 0.4) is 0 Å². The van der Waals surface area contributed by atoms with Gasteiger partial charge in [-0.2, -0.15) is 0 Å². The summed E-state index contributed by atoms with van der Waals surface area (Å²) in [4.78, 5) is 22.9. The third kappa shape index (κ3) is 2.67. The summed E-state index contributed by atoms with van der Waals surface area (Å²) in [6.45, 7) is 4.57. The smallest absolute Gasteiger partial charge is 0.329 e. The van der Waals surface area contributed by atoms with Crippen molar-refractivity contribution in [1.82, 2.24) is 5.32 Å². The van der Waals surface area contributed by atoms with Crippen molar-refractivity contribution in [2.75, 3.05) is 0 Å². The molecule has 0 radical (unpaired) electrons. The molecule has 0 aliphatic rings. The van der Waals surface area contributed by atoms with Gasteiger partial charge in [-0.05, 0) is 31.9 Å². The van der Waals surface area contributed by atoms with Gasteiger partial charge in [0.05, 0.1) is 5.56 Å². The summed E-state index contributed by atoms with van der Waals surface area (Å²) in [5, 5.41) is 11.4. The average molecular weight is 253 g/mol. The molecule has 5 heteroatoms. The molecule has 2 N–H and O–H groups in total. The quantitative estimate of drug-likeness (QED) is 0.863. The van der Waals surface area contributed by atoms with E-state index in [1.165, 1.54) is 13.0 Å². The summed E-state index contributed by atoms with van der Waals surface area (Å²) < 4.78 is 13.7. The number of benzene rings is 1. The number of aryl methyl sites for hydroxylation is 1. The van der Waals surface area contributed by atoms with Crippen LogP contribution in [0, 0.1) is 12.7 Å². The fourth-order valence-corrected chi connectivity index (χ4v) is 1.43. The number of carbonyl (C=O) groups excluding carboxylic acids is 1. The van der Waals surface area contributed by atoms with E-state index in [1.807, 2.05) is 0 Å². The number of hydrogen-bond acceptors (Lipinski definition) is 2. The van der Waals surface area contributed by atoms with Crippen LogP contribution in [0.5, 0.6) is 0 Å². The SMILES string of the molecule is CCC(C)(NC(=O)c1cccc(C)c1F)C(=O)O. The molecular formula is C13H16FNO3. The second-order valence-corrected chi connectivity index (χ2v) is 4.38. The van der Waals surface area contributed by atoms with Crippen LogP contribution < -0.4 is 5.32 Å². The highest BCUT2D eigenvalue weighted by atomic mass is 19.1. The Morgan fingerprint density at radius 1 is 1.44 bits per heavy atom. The largest absolute Gasteiger partial charge is 0.480 e. The number of carboxylic acids is 1. The van der Waals surface area contributed by atoms with E-state index in [2.05, 4.69) is 5.32 Å². The van der Waals surface area contributed by atoms with Crippen LogP contribution in [-0.2, 0) is 4.79 Å². The Balaban J connectivity index is 3.02. The van der Waals surface area contributed by atoms with Crippen LogP contribution in [0.4, 0.5) is 4.39 Å². The number of carboxylic acid groups (broad SMARTS) is 1. The van der Waals surface area contributed by atoms with Gasteiger partial charge in [0.1, 0.15) is 11.4 Å². The third-order valence-electron chi connectivity index (χ3n) is 3.00. The topological polar surface area (TPSA) is 66.4 Å². The highest BCUT2D eigenvalue weighted by molar-refractivity contribution is 5.98. The number of halogens is 1. The van der Waals surface area contributed by atoms with Gasteiger partial charge < -0.3 is 10.4 Å². The molecule has 1 amide bonds. The first-order valence-electron chi connectivity index (χ1n) is 5.63. The maximum Gasteiger partial charge on any atom is 0.329 e. The molecule has 0 aromatic heterocycles. The zero-order chi connectivity index (χ0) is 13.9. The minimum absolute atomic E-state index is 0.143. The lowest BCUT2D eigenvalue weighted by atomic mass is 9.98. The monoisotopic (exact) mass is 253 g/mol. The van der Waals surface area contributed by atoms with Crippen LogP contribution in [0.1, 0.15) is 36.2 Å². The maximum atomic E-state index is 13.7. The number of nitrogens with one attached hydrogen (secondary N) is 1. The Hall–Kier alpha value is -1.91. The summed E-state index contributed by atoms with van der Waals surface area (Å²) in [5.74, 6) is -2.49. The van der Waals surface area contributed by atoms with E-state index in [9.17, 15) is 14.0 Å². The molecular weight excluding hydrogens is 237 g/mol. The normalized spacial score (nSPS) is 13.8. The number of carbonyl (C=O) groups is 2. The van der Waals surface area contributed by atoms with Crippen molar-refractivity contribution in [2.24, 2.45) is 0 Å². The van der Waals surface area contributed by atoms with Crippen molar-refractivity contribution >= 4 is 11.9 Å². The summed E-state index contributed by atoms with van der Waals surface area (Å²) in [5.41, 5.74) is -1.19. The first-order chi connectivity index (χ1) is 8.31. The molecule has 0 fully saturated rings. The van der Waals surface area contributed by atoms with E-state index in [4.69, 9.17) is 5.11 Å². The molecule has 98 valence electrons. The third-order valence-corrected chi connectivity index (χ3v) is 3.00. The van der Waals surface area contributed by atoms with Gasteiger partial charge in [0, 0.05) is 0 Å². The van der Waals surface area contributed by atoms with Gasteiger partial charge >= 0.3 is 5.97 Å². The first kappa shape index (κ1) is 14.2. The van der Waals surface area contributed by atoms with Crippen molar-refractivity contribution in [3.05, 3.63) is 35.1 Å². The van der Waals surface area contributed by atoms with E-state index in [0.29, 0.717) is 5.56 Å². The van der Waals surface area contributed by atoms with E-state index in [1.54, 1.807) is 26.0 Å². The van der Waals surface area contributed by atoms with E-state index < -0.39 is 23.2 Å². The predicted octanol–water partition coefficient (Wildman–Crippen LogP) is 2.12. The number of aliphatic carboxylic acids is 1. The van der Waals surface area contributed by atoms with Crippen molar-refractivity contribution in [3.63, 3.8) is 0 Å². The van der Waals surface area contributed by atoms with Gasteiger partial charge in [-0.15, -0.1) is 0 Å². The molecule has 0 aliphatic heterocycles. The van der Waals surface area contributed by atoms with Crippen LogP contribution in [0.15, 0.2) is 18.2 Å². The lowest BCUT2D eigenvalue weighted by Crippen LogP contribution is -2.51. The molecule has 1 aromatic rings. The van der Waals surface area contributed by atoms with Gasteiger partial charge in [0.15, 0.2) is 0 Å². The van der Waals surface area contributed by atoms with E-state index >= 15 is 0 Å². The van der Waals surface area contributed by atoms with Crippen LogP contribution >= 0.6 is 0 Å². The molecule has 0 saturated carbocycles. The minimum atomic E-state index is -1.40. The zero-order valence-electron chi connectivity index (χ0n) is 10.6. The molecule has 0 spiro atoms. The van der Waals surface area contributed by atoms with Crippen LogP contribution in [0.25, 0.3) is 0 Å². The fraction of sp³-hybridized carbons (Fsp3) is 0.385. The second-order valence-electron chi connectivity index (χ2n) is 4.38. The van der Waals surface area contributed by atoms with Gasteiger partial charge in [0.2, 0.25) is 0 Å².